The van der Waals surface area contributed by atoms with Gasteiger partial charge in [0.15, 0.2) is 5.92 Å². The van der Waals surface area contributed by atoms with Crippen LogP contribution in [-0.4, -0.2) is 22.6 Å². The molecule has 0 aromatic rings. The summed E-state index contributed by atoms with van der Waals surface area (Å²) in [6.07, 6.45) is -4.84. The van der Waals surface area contributed by atoms with Gasteiger partial charge in [-0.05, 0) is 0 Å². The van der Waals surface area contributed by atoms with Crippen LogP contribution in [0.1, 0.15) is 0 Å². The van der Waals surface area contributed by atoms with E-state index >= 15 is 0 Å². The highest BCUT2D eigenvalue weighted by Gasteiger charge is 2.47. The first-order valence-electron chi connectivity index (χ1n) is 2.50. The van der Waals surface area contributed by atoms with Gasteiger partial charge in [-0.2, -0.15) is 25.8 Å². The average Bonchev–Trinajstić information content (AvgIpc) is 1.54. The number of aliphatic carboxylic acids is 1. The number of nitrogens with two attached hydrogens (primary N) is 1. The Morgan fingerprint density at radius 1 is 1.55 bits per heavy atom. The summed E-state index contributed by atoms with van der Waals surface area (Å²) in [5, 5.41) is 6.30. The summed E-state index contributed by atoms with van der Waals surface area (Å²) in [6, 6.07) is 0. The fraction of sp³-hybridized carbons (Fsp3) is 0.750. The first-order chi connectivity index (χ1) is 4.76. The molecular weight excluding hydrogens is 183 g/mol. The molecule has 0 saturated carbocycles. The molecule has 11 heavy (non-hydrogen) atoms. The van der Waals surface area contributed by atoms with Crippen LogP contribution < -0.4 is 5.73 Å². The third-order valence-corrected chi connectivity index (χ3v) is 1.26. The Kier molecular flexibility index (Phi) is 3.18. The second kappa shape index (κ2) is 3.31. The van der Waals surface area contributed by atoms with Crippen molar-refractivity contribution in [3.8, 4) is 0 Å². The standard InChI is InChI=1S/C4H6F3NO2S/c5-4(6,7)1(2(8)11)3(9)10/h1-2,11H,8H2,(H,9,10). The van der Waals surface area contributed by atoms with Crippen LogP contribution in [0, 0.1) is 5.92 Å². The van der Waals surface area contributed by atoms with Crippen LogP contribution in [0.5, 0.6) is 0 Å². The number of carboxylic acid groups (broad SMARTS) is 1. The lowest BCUT2D eigenvalue weighted by molar-refractivity contribution is -0.192. The molecule has 3 N–H and O–H groups in total. The van der Waals surface area contributed by atoms with Crippen molar-refractivity contribution in [2.24, 2.45) is 11.7 Å². The minimum absolute atomic E-state index is 1.73. The largest absolute Gasteiger partial charge is 0.481 e. The van der Waals surface area contributed by atoms with E-state index in [-0.39, 0.29) is 0 Å². The molecular formula is C4H6F3NO2S. The summed E-state index contributed by atoms with van der Waals surface area (Å²) >= 11 is 3.20. The second-order valence-electron chi connectivity index (χ2n) is 1.85. The van der Waals surface area contributed by atoms with Gasteiger partial charge in [0.05, 0.1) is 5.37 Å². The predicted molar refractivity (Wildman–Crippen MR) is 34.1 cm³/mol. The van der Waals surface area contributed by atoms with Crippen LogP contribution in [0.4, 0.5) is 13.2 Å². The third kappa shape index (κ3) is 2.98. The molecule has 0 saturated heterocycles. The molecule has 0 aromatic heterocycles. The minimum Gasteiger partial charge on any atom is -0.481 e. The molecule has 0 radical (unpaired) electrons. The van der Waals surface area contributed by atoms with Crippen molar-refractivity contribution in [2.45, 2.75) is 11.6 Å². The van der Waals surface area contributed by atoms with Crippen molar-refractivity contribution in [3.63, 3.8) is 0 Å². The number of carboxylic acids is 1. The molecule has 2 unspecified atom stereocenters. The van der Waals surface area contributed by atoms with Crippen molar-refractivity contribution in [3.05, 3.63) is 0 Å². The van der Waals surface area contributed by atoms with E-state index < -0.39 is 23.4 Å². The Hall–Kier alpha value is -0.430. The lowest BCUT2D eigenvalue weighted by Crippen LogP contribution is -2.41. The molecule has 0 fully saturated rings. The number of hydrogen-bond donors (Lipinski definition) is 3. The van der Waals surface area contributed by atoms with E-state index in [4.69, 9.17) is 5.11 Å². The first-order valence-corrected chi connectivity index (χ1v) is 3.01. The summed E-state index contributed by atoms with van der Waals surface area (Å²) in [5.41, 5.74) is 4.69. The SMILES string of the molecule is NC(S)C(C(=O)O)C(F)(F)F. The lowest BCUT2D eigenvalue weighted by Gasteiger charge is -2.18. The highest BCUT2D eigenvalue weighted by molar-refractivity contribution is 7.80. The smallest absolute Gasteiger partial charge is 0.404 e. The number of thiol groups is 1. The van der Waals surface area contributed by atoms with Crippen LogP contribution in [0.2, 0.25) is 0 Å². The Balaban J connectivity index is 4.49. The van der Waals surface area contributed by atoms with E-state index in [1.165, 1.54) is 0 Å². The molecule has 0 spiro atoms. The van der Waals surface area contributed by atoms with Gasteiger partial charge in [-0.1, -0.05) is 0 Å². The van der Waals surface area contributed by atoms with Crippen molar-refractivity contribution < 1.29 is 23.1 Å². The van der Waals surface area contributed by atoms with E-state index in [0.717, 1.165) is 0 Å². The van der Waals surface area contributed by atoms with Crippen molar-refractivity contribution in [1.82, 2.24) is 0 Å². The van der Waals surface area contributed by atoms with Gasteiger partial charge in [-0.15, -0.1) is 0 Å². The topological polar surface area (TPSA) is 63.3 Å². The van der Waals surface area contributed by atoms with E-state index in [1.807, 2.05) is 0 Å². The number of alkyl halides is 3. The van der Waals surface area contributed by atoms with Crippen LogP contribution in [0.25, 0.3) is 0 Å². The van der Waals surface area contributed by atoms with Gasteiger partial charge >= 0.3 is 12.1 Å². The van der Waals surface area contributed by atoms with E-state index in [2.05, 4.69) is 18.4 Å². The molecule has 0 aliphatic heterocycles. The quantitative estimate of drug-likeness (QED) is 0.437. The van der Waals surface area contributed by atoms with E-state index in [9.17, 15) is 18.0 Å². The van der Waals surface area contributed by atoms with Gasteiger partial charge in [0.2, 0.25) is 0 Å². The number of halogens is 3. The van der Waals surface area contributed by atoms with Crippen molar-refractivity contribution in [1.29, 1.82) is 0 Å². The van der Waals surface area contributed by atoms with Crippen LogP contribution >= 0.6 is 12.6 Å². The Morgan fingerprint density at radius 3 is 1.91 bits per heavy atom. The molecule has 66 valence electrons. The zero-order chi connectivity index (χ0) is 9.23. The minimum atomic E-state index is -4.84. The molecule has 0 heterocycles. The van der Waals surface area contributed by atoms with Gasteiger partial charge in [-0.25, -0.2) is 0 Å². The van der Waals surface area contributed by atoms with E-state index in [0.29, 0.717) is 0 Å². The molecule has 2 atom stereocenters. The van der Waals surface area contributed by atoms with Gasteiger partial charge in [0, 0.05) is 0 Å². The molecule has 0 aliphatic carbocycles. The van der Waals surface area contributed by atoms with Crippen LogP contribution in [-0.2, 0) is 4.79 Å². The zero-order valence-corrected chi connectivity index (χ0v) is 6.06. The van der Waals surface area contributed by atoms with Crippen molar-refractivity contribution in [2.75, 3.05) is 0 Å². The van der Waals surface area contributed by atoms with Gasteiger partial charge in [0.25, 0.3) is 0 Å². The second-order valence-corrected chi connectivity index (χ2v) is 2.44. The fourth-order valence-electron chi connectivity index (χ4n) is 0.480. The fourth-order valence-corrected chi connectivity index (χ4v) is 0.776. The third-order valence-electron chi connectivity index (χ3n) is 0.960. The monoisotopic (exact) mass is 189 g/mol. The van der Waals surface area contributed by atoms with Gasteiger partial charge in [-0.3, -0.25) is 4.79 Å². The molecule has 0 amide bonds. The van der Waals surface area contributed by atoms with Gasteiger partial charge < -0.3 is 10.8 Å². The molecule has 0 bridgehead atoms. The Labute approximate surface area is 65.8 Å². The van der Waals surface area contributed by atoms with Crippen LogP contribution in [0.15, 0.2) is 0 Å². The average molecular weight is 189 g/mol. The lowest BCUT2D eigenvalue weighted by atomic mass is 10.1. The maximum absolute atomic E-state index is 11.7. The molecule has 0 aliphatic rings. The summed E-state index contributed by atoms with van der Waals surface area (Å²) in [5.74, 6) is -4.62. The molecule has 3 nitrogen and oxygen atoms in total. The Morgan fingerprint density at radius 2 is 1.91 bits per heavy atom. The van der Waals surface area contributed by atoms with Crippen LogP contribution in [0.3, 0.4) is 0 Å². The maximum Gasteiger partial charge on any atom is 0.404 e. The molecule has 0 rings (SSSR count). The molecule has 7 heteroatoms. The normalized spacial score (nSPS) is 17.5. The van der Waals surface area contributed by atoms with Crippen molar-refractivity contribution >= 4 is 18.6 Å². The van der Waals surface area contributed by atoms with Gasteiger partial charge in [0.1, 0.15) is 0 Å². The summed E-state index contributed by atoms with van der Waals surface area (Å²) in [7, 11) is 0. The summed E-state index contributed by atoms with van der Waals surface area (Å²) in [4.78, 5) is 9.94. The number of carbonyl (C=O) groups is 1. The number of hydrogen-bond acceptors (Lipinski definition) is 3. The predicted octanol–water partition coefficient (Wildman–Crippen LogP) is 0.464. The Bertz CT molecular complexity index is 158. The number of rotatable bonds is 2. The molecule has 0 aromatic carbocycles. The zero-order valence-electron chi connectivity index (χ0n) is 5.17. The first kappa shape index (κ1) is 10.6. The maximum atomic E-state index is 11.7. The highest BCUT2D eigenvalue weighted by atomic mass is 32.1. The summed E-state index contributed by atoms with van der Waals surface area (Å²) < 4.78 is 35.1. The highest BCUT2D eigenvalue weighted by Crippen LogP contribution is 2.29. The van der Waals surface area contributed by atoms with E-state index in [1.54, 1.807) is 0 Å². The summed E-state index contributed by atoms with van der Waals surface area (Å²) in [6.45, 7) is 0.